The quantitative estimate of drug-likeness (QED) is 0.786. The van der Waals surface area contributed by atoms with Gasteiger partial charge in [-0.3, -0.25) is 4.99 Å². The summed E-state index contributed by atoms with van der Waals surface area (Å²) in [5.41, 5.74) is 2.87. The number of halogens is 2. The van der Waals surface area contributed by atoms with Gasteiger partial charge in [-0.2, -0.15) is 0 Å². The second-order valence-electron chi connectivity index (χ2n) is 4.48. The summed E-state index contributed by atoms with van der Waals surface area (Å²) in [6, 6.07) is 3.92. The number of hydrogen-bond acceptors (Lipinski definition) is 2. The molecule has 18 heavy (non-hydrogen) atoms. The van der Waals surface area contributed by atoms with Crippen LogP contribution < -0.4 is 0 Å². The second-order valence-corrected chi connectivity index (χ2v) is 8.21. The zero-order chi connectivity index (χ0) is 14.1. The summed E-state index contributed by atoms with van der Waals surface area (Å²) in [6.45, 7) is 8.97. The molecule has 0 amide bonds. The van der Waals surface area contributed by atoms with Crippen LogP contribution in [0, 0.1) is 19.8 Å². The predicted molar refractivity (Wildman–Crippen MR) is 76.6 cm³/mol. The molecule has 5 heteroatoms. The van der Waals surface area contributed by atoms with Crippen molar-refractivity contribution in [3.63, 3.8) is 0 Å². The summed E-state index contributed by atoms with van der Waals surface area (Å²) in [6.07, 6.45) is 1.76. The van der Waals surface area contributed by atoms with Gasteiger partial charge in [0.05, 0.1) is 0 Å². The number of benzene rings is 1. The summed E-state index contributed by atoms with van der Waals surface area (Å²) < 4.78 is 0. The van der Waals surface area contributed by atoms with Gasteiger partial charge in [0.15, 0.2) is 0 Å². The maximum atomic E-state index is 9.80. The Morgan fingerprint density at radius 1 is 1.33 bits per heavy atom. The Bertz CT molecular complexity index is 395. The van der Waals surface area contributed by atoms with Crippen LogP contribution in [0.3, 0.4) is 0 Å². The zero-order valence-electron chi connectivity index (χ0n) is 11.2. The second kappa shape index (κ2) is 10.0. The Kier molecular flexibility index (Phi) is 10.1. The first-order valence-corrected chi connectivity index (χ1v) is 12.0. The number of aromatic hydroxyl groups is 1. The van der Waals surface area contributed by atoms with Gasteiger partial charge in [-0.05, 0) is 37.0 Å². The van der Waals surface area contributed by atoms with E-state index >= 15 is 0 Å². The van der Waals surface area contributed by atoms with E-state index in [1.807, 2.05) is 26.0 Å². The van der Waals surface area contributed by atoms with E-state index in [1.165, 1.54) is 0 Å². The fourth-order valence-electron chi connectivity index (χ4n) is 1.45. The van der Waals surface area contributed by atoms with E-state index in [4.69, 9.17) is 17.0 Å². The molecule has 1 aromatic carbocycles. The number of aliphatic imine (C=N–C) groups is 1. The topological polar surface area (TPSA) is 32.6 Å². The standard InChI is InChI=1S/C13H19NO.2ClH.Zr/c1-9(2)7-14-8-12-6-10(3)5-11(4)13(12)15;;;/h5-6,8-9,15H,7H2,1-4H3;2*1H;/q;;;+2/p-2. The molecule has 0 spiro atoms. The molecule has 0 saturated carbocycles. The summed E-state index contributed by atoms with van der Waals surface area (Å²) >= 11 is -0.826. The normalized spacial score (nSPS) is 10.4. The number of aryl methyl sites for hydroxylation is 2. The molecular weight excluding hydrogens is 348 g/mol. The third kappa shape index (κ3) is 7.56. The molecule has 1 N–H and O–H groups in total. The number of phenols is 1. The SMILES string of the molecule is Cc1cc(C)c(O)c(C=NCC(C)C)c1.[Cl][Zr][Cl]. The van der Waals surface area contributed by atoms with Crippen molar-refractivity contribution in [2.24, 2.45) is 10.9 Å². The molecule has 0 bridgehead atoms. The average Bonchev–Trinajstić information content (AvgIpc) is 2.25. The van der Waals surface area contributed by atoms with Gasteiger partial charge in [0.25, 0.3) is 0 Å². The van der Waals surface area contributed by atoms with E-state index in [-0.39, 0.29) is 0 Å². The first-order chi connectivity index (χ1) is 8.42. The monoisotopic (exact) mass is 365 g/mol. The van der Waals surface area contributed by atoms with Crippen LogP contribution in [0.25, 0.3) is 0 Å². The van der Waals surface area contributed by atoms with Crippen LogP contribution in [-0.4, -0.2) is 17.9 Å². The fourth-order valence-corrected chi connectivity index (χ4v) is 1.45. The van der Waals surface area contributed by atoms with Gasteiger partial charge < -0.3 is 5.11 Å². The van der Waals surface area contributed by atoms with Gasteiger partial charge in [0.2, 0.25) is 0 Å². The third-order valence-electron chi connectivity index (χ3n) is 2.18. The number of phenolic OH excluding ortho intramolecular Hbond substituents is 1. The molecule has 0 saturated heterocycles. The van der Waals surface area contributed by atoms with E-state index < -0.39 is 20.8 Å². The molecule has 0 fully saturated rings. The summed E-state index contributed by atoms with van der Waals surface area (Å²) in [4.78, 5) is 4.30. The summed E-state index contributed by atoms with van der Waals surface area (Å²) in [5, 5.41) is 9.80. The predicted octanol–water partition coefficient (Wildman–Crippen LogP) is 4.46. The van der Waals surface area contributed by atoms with Crippen molar-refractivity contribution >= 4 is 23.2 Å². The first-order valence-electron chi connectivity index (χ1n) is 5.68. The minimum atomic E-state index is -0.826. The fraction of sp³-hybridized carbons (Fsp3) is 0.462. The molecule has 0 aliphatic rings. The van der Waals surface area contributed by atoms with Gasteiger partial charge >= 0.3 is 37.9 Å². The molecule has 0 unspecified atom stereocenters. The molecule has 1 aromatic rings. The summed E-state index contributed by atoms with van der Waals surface area (Å²) in [5.74, 6) is 0.891. The molecule has 0 aliphatic heterocycles. The van der Waals surface area contributed by atoms with Crippen LogP contribution >= 0.6 is 17.0 Å². The van der Waals surface area contributed by atoms with Crippen molar-refractivity contribution in [2.75, 3.05) is 6.54 Å². The van der Waals surface area contributed by atoms with Crippen molar-refractivity contribution in [3.8, 4) is 5.75 Å². The Hall–Kier alpha value is 0.153. The van der Waals surface area contributed by atoms with Gasteiger partial charge in [-0.15, -0.1) is 0 Å². The van der Waals surface area contributed by atoms with Crippen LogP contribution in [0.15, 0.2) is 17.1 Å². The van der Waals surface area contributed by atoms with Crippen LogP contribution in [-0.2, 0) is 20.8 Å². The Balaban J connectivity index is 0.000000873. The number of hydrogen-bond donors (Lipinski definition) is 1. The zero-order valence-corrected chi connectivity index (χ0v) is 15.1. The molecule has 0 heterocycles. The minimum absolute atomic E-state index is 0.341. The van der Waals surface area contributed by atoms with Crippen molar-refractivity contribution in [1.82, 2.24) is 0 Å². The van der Waals surface area contributed by atoms with Gasteiger partial charge in [-0.25, -0.2) is 0 Å². The van der Waals surface area contributed by atoms with Crippen LogP contribution in [0.4, 0.5) is 0 Å². The Labute approximate surface area is 128 Å². The first kappa shape index (κ1) is 18.2. The van der Waals surface area contributed by atoms with E-state index in [9.17, 15) is 5.11 Å². The van der Waals surface area contributed by atoms with Gasteiger partial charge in [0.1, 0.15) is 5.75 Å². The van der Waals surface area contributed by atoms with Crippen molar-refractivity contribution < 1.29 is 26.0 Å². The van der Waals surface area contributed by atoms with Crippen molar-refractivity contribution in [1.29, 1.82) is 0 Å². The van der Waals surface area contributed by atoms with E-state index in [2.05, 4.69) is 18.8 Å². The summed E-state index contributed by atoms with van der Waals surface area (Å²) in [7, 11) is 9.87. The molecule has 0 radical (unpaired) electrons. The van der Waals surface area contributed by atoms with E-state index in [0.29, 0.717) is 11.7 Å². The third-order valence-corrected chi connectivity index (χ3v) is 2.18. The number of nitrogens with zero attached hydrogens (tertiary/aromatic N) is 1. The van der Waals surface area contributed by atoms with Crippen LogP contribution in [0.1, 0.15) is 30.5 Å². The maximum absolute atomic E-state index is 9.80. The molecule has 0 atom stereocenters. The molecule has 100 valence electrons. The van der Waals surface area contributed by atoms with Crippen molar-refractivity contribution in [3.05, 3.63) is 28.8 Å². The molecular formula is C13H19Cl2NOZr. The molecule has 1 rings (SSSR count). The van der Waals surface area contributed by atoms with E-state index in [0.717, 1.165) is 23.2 Å². The van der Waals surface area contributed by atoms with Crippen molar-refractivity contribution in [2.45, 2.75) is 27.7 Å². The number of rotatable bonds is 3. The van der Waals surface area contributed by atoms with Crippen LogP contribution in [0.5, 0.6) is 5.75 Å². The Morgan fingerprint density at radius 2 is 1.89 bits per heavy atom. The van der Waals surface area contributed by atoms with Crippen LogP contribution in [0.2, 0.25) is 0 Å². The van der Waals surface area contributed by atoms with Gasteiger partial charge in [-0.1, -0.05) is 19.9 Å². The molecule has 0 aliphatic carbocycles. The molecule has 2 nitrogen and oxygen atoms in total. The van der Waals surface area contributed by atoms with Gasteiger partial charge in [0, 0.05) is 18.3 Å². The Morgan fingerprint density at radius 3 is 2.39 bits per heavy atom. The molecule has 0 aromatic heterocycles. The van der Waals surface area contributed by atoms with E-state index in [1.54, 1.807) is 6.21 Å². The average molecular weight is 367 g/mol.